The molecule has 0 atom stereocenters. The highest BCUT2D eigenvalue weighted by atomic mass is 32.2. The van der Waals surface area contributed by atoms with Crippen molar-refractivity contribution in [3.05, 3.63) is 54.9 Å². The van der Waals surface area contributed by atoms with E-state index in [1.165, 1.54) is 30.9 Å². The molecule has 0 amide bonds. The zero-order chi connectivity index (χ0) is 23.4. The van der Waals surface area contributed by atoms with Crippen molar-refractivity contribution >= 4 is 15.8 Å². The number of anilines is 1. The van der Waals surface area contributed by atoms with Crippen LogP contribution in [0.1, 0.15) is 0 Å². The van der Waals surface area contributed by atoms with Gasteiger partial charge in [0.05, 0.1) is 27.0 Å². The van der Waals surface area contributed by atoms with Crippen LogP contribution in [-0.2, 0) is 10.0 Å². The summed E-state index contributed by atoms with van der Waals surface area (Å²) in [7, 11) is 0.835. The molecule has 33 heavy (non-hydrogen) atoms. The Bertz CT molecular complexity index is 1210. The monoisotopic (exact) mass is 470 g/mol. The summed E-state index contributed by atoms with van der Waals surface area (Å²) in [5.74, 6) is 2.28. The second-order valence-corrected chi connectivity index (χ2v) is 9.30. The summed E-state index contributed by atoms with van der Waals surface area (Å²) in [5.41, 5.74) is 1.74. The maximum Gasteiger partial charge on any atom is 0.247 e. The Balaban J connectivity index is 1.50. The van der Waals surface area contributed by atoms with E-state index in [1.807, 2.05) is 30.3 Å². The third-order valence-corrected chi connectivity index (χ3v) is 7.51. The first-order valence-corrected chi connectivity index (χ1v) is 11.8. The molecule has 0 spiro atoms. The third-order valence-electron chi connectivity index (χ3n) is 5.59. The Labute approximate surface area is 193 Å². The normalized spacial score (nSPS) is 14.7. The van der Waals surface area contributed by atoms with Crippen LogP contribution in [0.4, 0.5) is 5.82 Å². The summed E-state index contributed by atoms with van der Waals surface area (Å²) < 4.78 is 43.8. The van der Waals surface area contributed by atoms with Crippen LogP contribution >= 0.6 is 0 Å². The number of piperazine rings is 1. The molecule has 3 aromatic rings. The standard InChI is InChI=1S/C23H26N4O5S/c1-30-18-6-4-17(5-7-18)20-15-23(25-16-24-20)26-10-12-27(13-11-26)33(28,29)22-14-19(31-2)8-9-21(22)32-3/h4-9,14-16H,10-13H2,1-3H3. The quantitative estimate of drug-likeness (QED) is 0.520. The lowest BCUT2D eigenvalue weighted by Crippen LogP contribution is -2.49. The van der Waals surface area contributed by atoms with E-state index in [9.17, 15) is 8.42 Å². The van der Waals surface area contributed by atoms with Crippen LogP contribution in [0.15, 0.2) is 59.8 Å². The predicted molar refractivity (Wildman–Crippen MR) is 125 cm³/mol. The minimum absolute atomic E-state index is 0.0987. The number of nitrogens with zero attached hydrogens (tertiary/aromatic N) is 4. The fourth-order valence-corrected chi connectivity index (χ4v) is 5.31. The van der Waals surface area contributed by atoms with Crippen molar-refractivity contribution in [3.8, 4) is 28.5 Å². The molecule has 2 aromatic carbocycles. The lowest BCUT2D eigenvalue weighted by atomic mass is 10.1. The van der Waals surface area contributed by atoms with Gasteiger partial charge >= 0.3 is 0 Å². The van der Waals surface area contributed by atoms with E-state index in [4.69, 9.17) is 14.2 Å². The molecule has 0 aliphatic carbocycles. The van der Waals surface area contributed by atoms with E-state index in [0.717, 1.165) is 22.8 Å². The molecular formula is C23H26N4O5S. The maximum absolute atomic E-state index is 13.3. The Morgan fingerprint density at radius 2 is 1.45 bits per heavy atom. The van der Waals surface area contributed by atoms with E-state index in [0.29, 0.717) is 31.9 Å². The molecular weight excluding hydrogens is 444 g/mol. The van der Waals surface area contributed by atoms with Crippen LogP contribution in [-0.4, -0.2) is 70.2 Å². The van der Waals surface area contributed by atoms with Gasteiger partial charge in [0.2, 0.25) is 10.0 Å². The average Bonchev–Trinajstić information content (AvgIpc) is 2.88. The number of rotatable bonds is 7. The Morgan fingerprint density at radius 3 is 2.09 bits per heavy atom. The van der Waals surface area contributed by atoms with Gasteiger partial charge in [-0.25, -0.2) is 18.4 Å². The van der Waals surface area contributed by atoms with E-state index >= 15 is 0 Å². The van der Waals surface area contributed by atoms with E-state index in [2.05, 4.69) is 14.9 Å². The average molecular weight is 471 g/mol. The van der Waals surface area contributed by atoms with Crippen molar-refractivity contribution in [1.82, 2.24) is 14.3 Å². The van der Waals surface area contributed by atoms with Gasteiger partial charge in [-0.1, -0.05) is 0 Å². The van der Waals surface area contributed by atoms with Crippen LogP contribution in [0.25, 0.3) is 11.3 Å². The summed E-state index contributed by atoms with van der Waals surface area (Å²) in [6.45, 7) is 1.66. The summed E-state index contributed by atoms with van der Waals surface area (Å²) in [5, 5.41) is 0. The number of hydrogen-bond donors (Lipinski definition) is 0. The molecule has 0 bridgehead atoms. The number of benzene rings is 2. The van der Waals surface area contributed by atoms with E-state index < -0.39 is 10.0 Å². The van der Waals surface area contributed by atoms with Gasteiger partial charge in [-0.2, -0.15) is 4.31 Å². The zero-order valence-electron chi connectivity index (χ0n) is 18.8. The molecule has 1 fully saturated rings. The van der Waals surface area contributed by atoms with E-state index in [-0.39, 0.29) is 10.6 Å². The second-order valence-electron chi connectivity index (χ2n) is 7.40. The van der Waals surface area contributed by atoms with Gasteiger partial charge in [0.15, 0.2) is 0 Å². The lowest BCUT2D eigenvalue weighted by molar-refractivity contribution is 0.370. The minimum atomic E-state index is -3.74. The number of aromatic nitrogens is 2. The van der Waals surface area contributed by atoms with Crippen molar-refractivity contribution in [1.29, 1.82) is 0 Å². The van der Waals surface area contributed by atoms with Gasteiger partial charge in [0.25, 0.3) is 0 Å². The number of methoxy groups -OCH3 is 3. The molecule has 0 radical (unpaired) electrons. The second kappa shape index (κ2) is 9.63. The molecule has 1 aliphatic heterocycles. The minimum Gasteiger partial charge on any atom is -0.497 e. The van der Waals surface area contributed by atoms with Gasteiger partial charge in [-0.3, -0.25) is 0 Å². The van der Waals surface area contributed by atoms with Gasteiger partial charge in [0.1, 0.15) is 34.3 Å². The molecule has 0 N–H and O–H groups in total. The van der Waals surface area contributed by atoms with Crippen molar-refractivity contribution in [2.24, 2.45) is 0 Å². The third kappa shape index (κ3) is 4.71. The van der Waals surface area contributed by atoms with Crippen molar-refractivity contribution in [2.75, 3.05) is 52.4 Å². The zero-order valence-corrected chi connectivity index (χ0v) is 19.6. The van der Waals surface area contributed by atoms with Crippen molar-refractivity contribution in [2.45, 2.75) is 4.90 Å². The molecule has 1 aliphatic rings. The highest BCUT2D eigenvalue weighted by Crippen LogP contribution is 2.31. The Morgan fingerprint density at radius 1 is 0.788 bits per heavy atom. The molecule has 0 unspecified atom stereocenters. The van der Waals surface area contributed by atoms with E-state index in [1.54, 1.807) is 19.2 Å². The first-order valence-electron chi connectivity index (χ1n) is 10.4. The van der Waals surface area contributed by atoms with Gasteiger partial charge < -0.3 is 19.1 Å². The van der Waals surface area contributed by atoms with Crippen LogP contribution in [0.5, 0.6) is 17.2 Å². The molecule has 1 aromatic heterocycles. The summed E-state index contributed by atoms with van der Waals surface area (Å²) in [6, 6.07) is 14.3. The smallest absolute Gasteiger partial charge is 0.247 e. The van der Waals surface area contributed by atoms with Crippen LogP contribution in [0.3, 0.4) is 0 Å². The maximum atomic E-state index is 13.3. The largest absolute Gasteiger partial charge is 0.497 e. The Kier molecular flexibility index (Phi) is 6.66. The van der Waals surface area contributed by atoms with Crippen LogP contribution in [0.2, 0.25) is 0 Å². The first-order chi connectivity index (χ1) is 16.0. The van der Waals surface area contributed by atoms with Crippen molar-refractivity contribution in [3.63, 3.8) is 0 Å². The lowest BCUT2D eigenvalue weighted by Gasteiger charge is -2.34. The molecule has 2 heterocycles. The summed E-state index contributed by atoms with van der Waals surface area (Å²) >= 11 is 0. The van der Waals surface area contributed by atoms with Gasteiger partial charge in [-0.15, -0.1) is 0 Å². The molecule has 1 saturated heterocycles. The molecule has 9 nitrogen and oxygen atoms in total. The summed E-state index contributed by atoms with van der Waals surface area (Å²) in [4.78, 5) is 10.9. The number of sulfonamides is 1. The molecule has 0 saturated carbocycles. The molecule has 4 rings (SSSR count). The first kappa shape index (κ1) is 22.8. The number of ether oxygens (including phenoxy) is 3. The predicted octanol–water partition coefficient (Wildman–Crippen LogP) is 2.68. The fraction of sp³-hybridized carbons (Fsp3) is 0.304. The fourth-order valence-electron chi connectivity index (χ4n) is 3.72. The highest BCUT2D eigenvalue weighted by molar-refractivity contribution is 7.89. The topological polar surface area (TPSA) is 94.1 Å². The van der Waals surface area contributed by atoms with Gasteiger partial charge in [-0.05, 0) is 36.4 Å². The molecule has 10 heteroatoms. The SMILES string of the molecule is COc1ccc(-c2cc(N3CCN(S(=O)(=O)c4cc(OC)ccc4OC)CC3)ncn2)cc1. The van der Waals surface area contributed by atoms with Gasteiger partial charge in [0, 0.05) is 43.9 Å². The van der Waals surface area contributed by atoms with Crippen LogP contribution in [0, 0.1) is 0 Å². The Hall–Kier alpha value is -3.37. The number of hydrogen-bond acceptors (Lipinski definition) is 8. The summed E-state index contributed by atoms with van der Waals surface area (Å²) in [6.07, 6.45) is 1.53. The van der Waals surface area contributed by atoms with Crippen molar-refractivity contribution < 1.29 is 22.6 Å². The molecule has 174 valence electrons. The van der Waals surface area contributed by atoms with Crippen LogP contribution < -0.4 is 19.1 Å². The highest BCUT2D eigenvalue weighted by Gasteiger charge is 2.31.